The van der Waals surface area contributed by atoms with Crippen LogP contribution in [0.25, 0.3) is 118 Å². The van der Waals surface area contributed by atoms with Gasteiger partial charge in [0.05, 0.1) is 0 Å². The Hall–Kier alpha value is -8.60. The fraction of sp³-hybridized carbons (Fsp3) is 0. The van der Waals surface area contributed by atoms with Crippen molar-refractivity contribution in [3.8, 4) is 55.6 Å². The van der Waals surface area contributed by atoms with Crippen molar-refractivity contribution in [2.75, 3.05) is 4.90 Å². The van der Waals surface area contributed by atoms with Crippen LogP contribution in [0.1, 0.15) is 0 Å². The van der Waals surface area contributed by atoms with Gasteiger partial charge in [0.1, 0.15) is 0 Å². The molecule has 332 valence electrons. The second-order valence-corrected chi connectivity index (χ2v) is 20.6. The first-order chi connectivity index (χ1) is 35.1. The summed E-state index contributed by atoms with van der Waals surface area (Å²) in [6.45, 7) is 0. The van der Waals surface area contributed by atoms with Gasteiger partial charge in [-0.3, -0.25) is 0 Å². The van der Waals surface area contributed by atoms with Crippen LogP contribution in [0.5, 0.6) is 0 Å². The zero-order chi connectivity index (χ0) is 46.8. The van der Waals surface area contributed by atoms with E-state index in [1.165, 1.54) is 118 Å². The third-order valence-electron chi connectivity index (χ3n) is 14.2. The van der Waals surface area contributed by atoms with Gasteiger partial charge in [0.25, 0.3) is 0 Å². The molecule has 0 bridgehead atoms. The second-order valence-electron chi connectivity index (χ2n) is 18.5. The molecule has 0 fully saturated rings. The highest BCUT2D eigenvalue weighted by Crippen LogP contribution is 2.46. The summed E-state index contributed by atoms with van der Waals surface area (Å²) in [6.07, 6.45) is 0. The van der Waals surface area contributed by atoms with Gasteiger partial charge in [-0.05, 0) is 156 Å². The average molecular weight is 938 g/mol. The predicted octanol–water partition coefficient (Wildman–Crippen LogP) is 20.5. The molecule has 1 nitrogen and oxygen atoms in total. The Morgan fingerprint density at radius 2 is 0.634 bits per heavy atom. The molecule has 0 radical (unpaired) electrons. The maximum Gasteiger partial charge on any atom is 0.0467 e. The Bertz CT molecular complexity index is 4110. The van der Waals surface area contributed by atoms with E-state index in [1.807, 2.05) is 22.7 Å². The van der Waals surface area contributed by atoms with Crippen molar-refractivity contribution in [1.82, 2.24) is 0 Å². The fourth-order valence-electron chi connectivity index (χ4n) is 10.7. The van der Waals surface area contributed by atoms with Crippen LogP contribution in [0.4, 0.5) is 17.1 Å². The second kappa shape index (κ2) is 17.1. The molecule has 14 aromatic rings. The third-order valence-corrected chi connectivity index (χ3v) is 16.6. The third kappa shape index (κ3) is 7.37. The van der Waals surface area contributed by atoms with E-state index in [-0.39, 0.29) is 0 Å². The van der Waals surface area contributed by atoms with Crippen LogP contribution in [0.15, 0.2) is 261 Å². The van der Waals surface area contributed by atoms with E-state index in [2.05, 4.69) is 266 Å². The maximum atomic E-state index is 2.42. The Labute approximate surface area is 420 Å². The summed E-state index contributed by atoms with van der Waals surface area (Å²) in [5.41, 5.74) is 15.3. The lowest BCUT2D eigenvalue weighted by atomic mass is 9.92. The number of hydrogen-bond donors (Lipinski definition) is 0. The van der Waals surface area contributed by atoms with Crippen molar-refractivity contribution in [3.63, 3.8) is 0 Å². The van der Waals surface area contributed by atoms with Gasteiger partial charge in [-0.15, -0.1) is 22.7 Å². The van der Waals surface area contributed by atoms with Crippen molar-refractivity contribution >= 4 is 102 Å². The van der Waals surface area contributed by atoms with Crippen molar-refractivity contribution in [3.05, 3.63) is 261 Å². The van der Waals surface area contributed by atoms with Gasteiger partial charge in [-0.1, -0.05) is 182 Å². The van der Waals surface area contributed by atoms with Crippen LogP contribution >= 0.6 is 22.7 Å². The van der Waals surface area contributed by atoms with E-state index in [0.29, 0.717) is 0 Å². The molecule has 0 aliphatic carbocycles. The molecule has 2 heterocycles. The molecule has 12 aromatic carbocycles. The zero-order valence-electron chi connectivity index (χ0n) is 38.6. The van der Waals surface area contributed by atoms with Gasteiger partial charge in [0, 0.05) is 57.4 Å². The van der Waals surface area contributed by atoms with Gasteiger partial charge in [-0.2, -0.15) is 0 Å². The van der Waals surface area contributed by atoms with Crippen LogP contribution in [0.3, 0.4) is 0 Å². The summed E-state index contributed by atoms with van der Waals surface area (Å²) in [5, 5.41) is 10.2. The molecule has 0 saturated carbocycles. The Morgan fingerprint density at radius 3 is 1.15 bits per heavy atom. The number of rotatable bonds is 8. The maximum absolute atomic E-state index is 2.42. The molecular formula is C68H43NS2. The first-order valence-corrected chi connectivity index (χ1v) is 25.8. The lowest BCUT2D eigenvalue weighted by Gasteiger charge is -2.27. The normalized spacial score (nSPS) is 11.7. The SMILES string of the molecule is c1cc(-c2ccc3ccccc3c2)cc(N(c2ccc(-c3cc(-c4cccc5c4sc4ccccc45)cc(-c4cccc5c4sc4ccccc45)c3)cc2)c2cccc(-c3ccc4ccccc4c3)c2)c1. The monoisotopic (exact) mass is 937 g/mol. The summed E-state index contributed by atoms with van der Waals surface area (Å²) in [6, 6.07) is 96.4. The molecule has 3 heteroatoms. The Balaban J connectivity index is 0.922. The fourth-order valence-corrected chi connectivity index (χ4v) is 13.2. The average Bonchev–Trinajstić information content (AvgIpc) is 4.02. The Kier molecular flexibility index (Phi) is 9.97. The van der Waals surface area contributed by atoms with E-state index < -0.39 is 0 Å². The molecule has 0 N–H and O–H groups in total. The van der Waals surface area contributed by atoms with Crippen LogP contribution < -0.4 is 4.90 Å². The topological polar surface area (TPSA) is 3.24 Å². The van der Waals surface area contributed by atoms with Crippen LogP contribution in [0, 0.1) is 0 Å². The van der Waals surface area contributed by atoms with Gasteiger partial charge >= 0.3 is 0 Å². The van der Waals surface area contributed by atoms with Gasteiger partial charge in [0.15, 0.2) is 0 Å². The summed E-state index contributed by atoms with van der Waals surface area (Å²) in [5.74, 6) is 0. The molecule has 71 heavy (non-hydrogen) atoms. The summed E-state index contributed by atoms with van der Waals surface area (Å²) in [4.78, 5) is 2.41. The summed E-state index contributed by atoms with van der Waals surface area (Å²) < 4.78 is 5.26. The molecule has 0 amide bonds. The zero-order valence-corrected chi connectivity index (χ0v) is 40.2. The summed E-state index contributed by atoms with van der Waals surface area (Å²) >= 11 is 3.78. The van der Waals surface area contributed by atoms with Gasteiger partial charge in [-0.25, -0.2) is 0 Å². The standard InChI is InChI=1S/C68H43NS2/c1-3-15-47-37-51(31-29-44(47)13-1)49-17-9-19-57(42-49)69(58-20-10-18-50(43-58)52-32-30-45-14-2-4-16-48(45)38-52)56-35-33-46(34-36-56)53-39-54(59-23-11-25-63-61-21-5-7-27-65(61)70-67(59)63)41-55(40-53)60-24-12-26-64-62-22-6-8-28-66(62)71-68(60)64/h1-43H. The highest BCUT2D eigenvalue weighted by atomic mass is 32.1. The number of fused-ring (bicyclic) bond motifs is 8. The van der Waals surface area contributed by atoms with E-state index in [4.69, 9.17) is 0 Å². The number of hydrogen-bond acceptors (Lipinski definition) is 3. The number of benzene rings is 12. The number of thiophene rings is 2. The van der Waals surface area contributed by atoms with Crippen LogP contribution in [-0.4, -0.2) is 0 Å². The molecule has 0 unspecified atom stereocenters. The minimum Gasteiger partial charge on any atom is -0.310 e. The lowest BCUT2D eigenvalue weighted by molar-refractivity contribution is 1.28. The predicted molar refractivity (Wildman–Crippen MR) is 309 cm³/mol. The van der Waals surface area contributed by atoms with E-state index >= 15 is 0 Å². The summed E-state index contributed by atoms with van der Waals surface area (Å²) in [7, 11) is 0. The molecule has 14 rings (SSSR count). The lowest BCUT2D eigenvalue weighted by Crippen LogP contribution is -2.10. The van der Waals surface area contributed by atoms with Crippen LogP contribution in [0.2, 0.25) is 0 Å². The highest BCUT2D eigenvalue weighted by Gasteiger charge is 2.19. The molecule has 0 spiro atoms. The minimum atomic E-state index is 1.08. The minimum absolute atomic E-state index is 1.08. The van der Waals surface area contributed by atoms with Gasteiger partial charge < -0.3 is 4.90 Å². The first-order valence-electron chi connectivity index (χ1n) is 24.2. The highest BCUT2D eigenvalue weighted by molar-refractivity contribution is 7.26. The molecule has 0 aliphatic heterocycles. The number of nitrogens with zero attached hydrogens (tertiary/aromatic N) is 1. The number of anilines is 3. The molecular weight excluding hydrogens is 895 g/mol. The largest absolute Gasteiger partial charge is 0.310 e. The molecule has 0 saturated heterocycles. The molecule has 0 aliphatic rings. The van der Waals surface area contributed by atoms with E-state index in [1.54, 1.807) is 0 Å². The quantitative estimate of drug-likeness (QED) is 0.147. The van der Waals surface area contributed by atoms with Crippen LogP contribution in [-0.2, 0) is 0 Å². The van der Waals surface area contributed by atoms with Crippen molar-refractivity contribution < 1.29 is 0 Å². The van der Waals surface area contributed by atoms with Gasteiger partial charge in [0.2, 0.25) is 0 Å². The Morgan fingerprint density at radius 1 is 0.225 bits per heavy atom. The van der Waals surface area contributed by atoms with Crippen molar-refractivity contribution in [2.45, 2.75) is 0 Å². The smallest absolute Gasteiger partial charge is 0.0467 e. The van der Waals surface area contributed by atoms with E-state index in [0.717, 1.165) is 17.1 Å². The van der Waals surface area contributed by atoms with Crippen molar-refractivity contribution in [1.29, 1.82) is 0 Å². The van der Waals surface area contributed by atoms with E-state index in [9.17, 15) is 0 Å². The molecule has 0 atom stereocenters. The first kappa shape index (κ1) is 41.4. The van der Waals surface area contributed by atoms with Crippen molar-refractivity contribution in [2.24, 2.45) is 0 Å². The molecule has 2 aromatic heterocycles.